The van der Waals surface area contributed by atoms with E-state index in [1.54, 1.807) is 10.9 Å². The van der Waals surface area contributed by atoms with E-state index in [0.29, 0.717) is 4.77 Å². The highest BCUT2D eigenvalue weighted by Crippen LogP contribution is 2.16. The summed E-state index contributed by atoms with van der Waals surface area (Å²) in [5.41, 5.74) is 2.25. The van der Waals surface area contributed by atoms with Crippen molar-refractivity contribution in [1.29, 1.82) is 0 Å². The van der Waals surface area contributed by atoms with E-state index >= 15 is 0 Å². The molecule has 1 fully saturated rings. The van der Waals surface area contributed by atoms with Gasteiger partial charge in [-0.05, 0) is 29.9 Å². The van der Waals surface area contributed by atoms with E-state index in [1.165, 1.54) is 5.69 Å². The number of rotatable bonds is 4. The largest absolute Gasteiger partial charge is 0.378 e. The molecule has 1 N–H and O–H groups in total. The van der Waals surface area contributed by atoms with Crippen LogP contribution in [0.5, 0.6) is 0 Å². The fraction of sp³-hybridized carbons (Fsp3) is 0.400. The van der Waals surface area contributed by atoms with E-state index in [9.17, 15) is 0 Å². The maximum atomic E-state index is 5.37. The molecule has 0 bridgehead atoms. The molecule has 1 aliphatic heterocycles. The van der Waals surface area contributed by atoms with Crippen LogP contribution in [0.15, 0.2) is 29.4 Å². The minimum atomic E-state index is 0.512. The molecule has 1 aromatic carbocycles. The van der Waals surface area contributed by atoms with Gasteiger partial charge >= 0.3 is 0 Å². The third-order valence-corrected chi connectivity index (χ3v) is 3.89. The number of anilines is 1. The van der Waals surface area contributed by atoms with Gasteiger partial charge in [-0.3, -0.25) is 5.10 Å². The lowest BCUT2D eigenvalue weighted by molar-refractivity contribution is 0.122. The maximum Gasteiger partial charge on any atom is 0.216 e. The second-order valence-electron chi connectivity index (χ2n) is 5.05. The van der Waals surface area contributed by atoms with Crippen LogP contribution in [-0.4, -0.2) is 47.4 Å². The predicted molar refractivity (Wildman–Crippen MR) is 89.3 cm³/mol. The number of aromatic amines is 1. The van der Waals surface area contributed by atoms with Gasteiger partial charge < -0.3 is 9.64 Å². The first-order chi connectivity index (χ1) is 10.8. The molecule has 2 heterocycles. The summed E-state index contributed by atoms with van der Waals surface area (Å²) in [7, 11) is 0. The fourth-order valence-electron chi connectivity index (χ4n) is 2.39. The fourth-order valence-corrected chi connectivity index (χ4v) is 2.59. The average molecular weight is 317 g/mol. The molecule has 116 valence electrons. The van der Waals surface area contributed by atoms with E-state index < -0.39 is 0 Å². The molecule has 6 nitrogen and oxygen atoms in total. The first-order valence-electron chi connectivity index (χ1n) is 7.41. The van der Waals surface area contributed by atoms with Gasteiger partial charge in [-0.1, -0.05) is 19.1 Å². The third-order valence-electron chi connectivity index (χ3n) is 3.63. The summed E-state index contributed by atoms with van der Waals surface area (Å²) in [6.07, 6.45) is 2.58. The van der Waals surface area contributed by atoms with Crippen LogP contribution in [0.25, 0.3) is 0 Å². The zero-order chi connectivity index (χ0) is 15.4. The zero-order valence-corrected chi connectivity index (χ0v) is 13.3. The number of ether oxygens (including phenoxy) is 1. The molecular weight excluding hydrogens is 298 g/mol. The first kappa shape index (κ1) is 14.9. The quantitative estimate of drug-likeness (QED) is 0.694. The van der Waals surface area contributed by atoms with Crippen LogP contribution >= 0.6 is 12.2 Å². The SMILES string of the molecule is CCc1n[nH]c(=S)n1/N=C\c1ccc(N2CCOCC2)cc1. The van der Waals surface area contributed by atoms with Crippen LogP contribution in [0.1, 0.15) is 18.3 Å². The minimum Gasteiger partial charge on any atom is -0.378 e. The van der Waals surface area contributed by atoms with Gasteiger partial charge in [-0.15, -0.1) is 0 Å². The van der Waals surface area contributed by atoms with E-state index in [4.69, 9.17) is 17.0 Å². The van der Waals surface area contributed by atoms with Crippen molar-refractivity contribution in [1.82, 2.24) is 14.9 Å². The van der Waals surface area contributed by atoms with E-state index in [0.717, 1.165) is 44.1 Å². The average Bonchev–Trinajstić information content (AvgIpc) is 2.94. The molecule has 22 heavy (non-hydrogen) atoms. The van der Waals surface area contributed by atoms with Gasteiger partial charge in [-0.2, -0.15) is 14.9 Å². The highest BCUT2D eigenvalue weighted by atomic mass is 32.1. The monoisotopic (exact) mass is 317 g/mol. The summed E-state index contributed by atoms with van der Waals surface area (Å²) >= 11 is 5.17. The number of benzene rings is 1. The van der Waals surface area contributed by atoms with Crippen LogP contribution in [0, 0.1) is 4.77 Å². The van der Waals surface area contributed by atoms with Crippen LogP contribution in [0.2, 0.25) is 0 Å². The van der Waals surface area contributed by atoms with Gasteiger partial charge in [0.2, 0.25) is 4.77 Å². The molecule has 7 heteroatoms. The van der Waals surface area contributed by atoms with Gasteiger partial charge in [0.25, 0.3) is 0 Å². The summed E-state index contributed by atoms with van der Waals surface area (Å²) in [6, 6.07) is 8.34. The van der Waals surface area contributed by atoms with Crippen LogP contribution in [-0.2, 0) is 11.2 Å². The van der Waals surface area contributed by atoms with Gasteiger partial charge in [0.05, 0.1) is 19.4 Å². The third kappa shape index (κ3) is 3.26. The Hall–Kier alpha value is -1.99. The number of hydrogen-bond acceptors (Lipinski definition) is 5. The highest BCUT2D eigenvalue weighted by molar-refractivity contribution is 7.71. The molecular formula is C15H19N5OS. The molecule has 3 rings (SSSR count). The van der Waals surface area contributed by atoms with E-state index in [2.05, 4.69) is 44.5 Å². The molecule has 0 saturated carbocycles. The molecule has 1 saturated heterocycles. The predicted octanol–water partition coefficient (Wildman–Crippen LogP) is 2.22. The number of nitrogens with zero attached hydrogens (tertiary/aromatic N) is 4. The molecule has 0 atom stereocenters. The number of morpholine rings is 1. The second kappa shape index (κ2) is 6.85. The van der Waals surface area contributed by atoms with Crippen LogP contribution < -0.4 is 4.90 Å². The highest BCUT2D eigenvalue weighted by Gasteiger charge is 2.10. The van der Waals surface area contributed by atoms with Crippen molar-refractivity contribution >= 4 is 24.1 Å². The van der Waals surface area contributed by atoms with Crippen molar-refractivity contribution in [3.05, 3.63) is 40.4 Å². The molecule has 0 amide bonds. The maximum absolute atomic E-state index is 5.37. The van der Waals surface area contributed by atoms with Crippen LogP contribution in [0.3, 0.4) is 0 Å². The molecule has 1 aliphatic rings. The van der Waals surface area contributed by atoms with Crippen molar-refractivity contribution < 1.29 is 4.74 Å². The number of aryl methyl sites for hydroxylation is 1. The summed E-state index contributed by atoms with van der Waals surface area (Å²) in [5, 5.41) is 11.3. The summed E-state index contributed by atoms with van der Waals surface area (Å²) in [5.74, 6) is 0.825. The Morgan fingerprint density at radius 3 is 2.73 bits per heavy atom. The van der Waals surface area contributed by atoms with Crippen molar-refractivity contribution in [2.75, 3.05) is 31.2 Å². The Kier molecular flexibility index (Phi) is 4.65. The number of hydrogen-bond donors (Lipinski definition) is 1. The lowest BCUT2D eigenvalue weighted by Crippen LogP contribution is -2.36. The van der Waals surface area contributed by atoms with Gasteiger partial charge in [-0.25, -0.2) is 0 Å². The number of H-pyrrole nitrogens is 1. The Morgan fingerprint density at radius 2 is 2.05 bits per heavy atom. The normalized spacial score (nSPS) is 15.6. The summed E-state index contributed by atoms with van der Waals surface area (Å²) < 4.78 is 7.54. The van der Waals surface area contributed by atoms with Gasteiger partial charge in [0.1, 0.15) is 0 Å². The Labute approximate surface area is 134 Å². The Balaban J connectivity index is 1.74. The van der Waals surface area contributed by atoms with Crippen molar-refractivity contribution in [2.24, 2.45) is 5.10 Å². The second-order valence-corrected chi connectivity index (χ2v) is 5.43. The number of nitrogens with one attached hydrogen (secondary N) is 1. The number of aromatic nitrogens is 3. The Morgan fingerprint density at radius 1 is 1.32 bits per heavy atom. The lowest BCUT2D eigenvalue weighted by atomic mass is 10.2. The molecule has 2 aromatic rings. The minimum absolute atomic E-state index is 0.512. The molecule has 0 aliphatic carbocycles. The van der Waals surface area contributed by atoms with Crippen molar-refractivity contribution in [2.45, 2.75) is 13.3 Å². The smallest absolute Gasteiger partial charge is 0.216 e. The topological polar surface area (TPSA) is 58.4 Å². The van der Waals surface area contributed by atoms with Crippen molar-refractivity contribution in [3.63, 3.8) is 0 Å². The standard InChI is InChI=1S/C15H19N5OS/c1-2-14-17-18-15(22)20(14)16-11-12-3-5-13(6-4-12)19-7-9-21-10-8-19/h3-6,11H,2,7-10H2,1H3,(H,18,22)/b16-11-. The zero-order valence-electron chi connectivity index (χ0n) is 12.5. The molecule has 0 spiro atoms. The molecule has 0 radical (unpaired) electrons. The van der Waals surface area contributed by atoms with Gasteiger partial charge in [0, 0.05) is 25.2 Å². The van der Waals surface area contributed by atoms with Crippen molar-refractivity contribution in [3.8, 4) is 0 Å². The van der Waals surface area contributed by atoms with Crippen LogP contribution in [0.4, 0.5) is 5.69 Å². The first-order valence-corrected chi connectivity index (χ1v) is 7.82. The van der Waals surface area contributed by atoms with E-state index in [1.807, 2.05) is 6.92 Å². The molecule has 1 aromatic heterocycles. The molecule has 0 unspecified atom stereocenters. The summed E-state index contributed by atoms with van der Waals surface area (Å²) in [4.78, 5) is 2.33. The van der Waals surface area contributed by atoms with Gasteiger partial charge in [0.15, 0.2) is 5.82 Å². The summed E-state index contributed by atoms with van der Waals surface area (Å²) in [6.45, 7) is 5.49. The Bertz CT molecular complexity index is 697. The van der Waals surface area contributed by atoms with E-state index in [-0.39, 0.29) is 0 Å². The lowest BCUT2D eigenvalue weighted by Gasteiger charge is -2.28.